The number of benzene rings is 2. The molecule has 0 N–H and O–H groups in total. The standard InChI is InChI=1S/C24H31N/c1-8-20-10-9-11-22(15-20)19(4)25-23-16-21(13-12-17(23)2)14-18(3)24(5,6)7/h9-13,15-16H,3,8,14H2,1-2,4-7H3/b25-19+. The van der Waals surface area contributed by atoms with E-state index in [0.717, 1.165) is 24.2 Å². The van der Waals surface area contributed by atoms with Crippen LogP contribution in [0.1, 0.15) is 56.9 Å². The van der Waals surface area contributed by atoms with Gasteiger partial charge in [0.05, 0.1) is 5.69 Å². The van der Waals surface area contributed by atoms with Crippen LogP contribution in [-0.4, -0.2) is 5.71 Å². The zero-order valence-electron chi connectivity index (χ0n) is 16.6. The topological polar surface area (TPSA) is 12.4 Å². The zero-order chi connectivity index (χ0) is 18.6. The molecule has 25 heavy (non-hydrogen) atoms. The van der Waals surface area contributed by atoms with Crippen molar-refractivity contribution in [2.45, 2.75) is 54.4 Å². The molecule has 0 bridgehead atoms. The molecule has 0 unspecified atom stereocenters. The van der Waals surface area contributed by atoms with Gasteiger partial charge in [0.15, 0.2) is 0 Å². The van der Waals surface area contributed by atoms with E-state index in [4.69, 9.17) is 4.99 Å². The van der Waals surface area contributed by atoms with Crippen molar-refractivity contribution >= 4 is 11.4 Å². The molecule has 0 atom stereocenters. The number of hydrogen-bond donors (Lipinski definition) is 0. The molecule has 0 saturated heterocycles. The second-order valence-electron chi connectivity index (χ2n) is 7.90. The molecule has 0 fully saturated rings. The van der Waals surface area contributed by atoms with Crippen LogP contribution in [0.5, 0.6) is 0 Å². The molecule has 0 heterocycles. The van der Waals surface area contributed by atoms with Crippen LogP contribution in [0.3, 0.4) is 0 Å². The monoisotopic (exact) mass is 333 g/mol. The van der Waals surface area contributed by atoms with E-state index in [1.807, 2.05) is 0 Å². The van der Waals surface area contributed by atoms with Gasteiger partial charge >= 0.3 is 0 Å². The summed E-state index contributed by atoms with van der Waals surface area (Å²) in [7, 11) is 0. The molecule has 0 saturated carbocycles. The summed E-state index contributed by atoms with van der Waals surface area (Å²) in [5, 5.41) is 0. The summed E-state index contributed by atoms with van der Waals surface area (Å²) in [4.78, 5) is 4.92. The third kappa shape index (κ3) is 5.16. The van der Waals surface area contributed by atoms with E-state index in [-0.39, 0.29) is 5.41 Å². The minimum atomic E-state index is 0.130. The minimum absolute atomic E-state index is 0.130. The fourth-order valence-electron chi connectivity index (χ4n) is 2.66. The predicted molar refractivity (Wildman–Crippen MR) is 111 cm³/mol. The van der Waals surface area contributed by atoms with Crippen molar-refractivity contribution in [3.05, 3.63) is 76.9 Å². The largest absolute Gasteiger partial charge is 0.253 e. The molecule has 132 valence electrons. The number of allylic oxidation sites excluding steroid dienone is 1. The number of aryl methyl sites for hydroxylation is 2. The van der Waals surface area contributed by atoms with E-state index in [1.165, 1.54) is 27.8 Å². The maximum atomic E-state index is 4.92. The Morgan fingerprint density at radius 1 is 1.04 bits per heavy atom. The molecule has 0 aliphatic carbocycles. The average Bonchev–Trinajstić information content (AvgIpc) is 2.57. The van der Waals surface area contributed by atoms with E-state index in [9.17, 15) is 0 Å². The van der Waals surface area contributed by atoms with E-state index in [2.05, 4.69) is 90.6 Å². The average molecular weight is 334 g/mol. The predicted octanol–water partition coefficient (Wildman–Crippen LogP) is 6.84. The SMILES string of the molecule is C=C(Cc1ccc(C)c(/N=C(\C)c2cccc(CC)c2)c1)C(C)(C)C. The van der Waals surface area contributed by atoms with Crippen LogP contribution in [0.15, 0.2) is 59.6 Å². The van der Waals surface area contributed by atoms with Gasteiger partial charge in [-0.3, -0.25) is 4.99 Å². The normalized spacial score (nSPS) is 12.3. The summed E-state index contributed by atoms with van der Waals surface area (Å²) < 4.78 is 0. The van der Waals surface area contributed by atoms with Gasteiger partial charge in [-0.2, -0.15) is 0 Å². The van der Waals surface area contributed by atoms with Crippen molar-refractivity contribution in [3.8, 4) is 0 Å². The first kappa shape index (κ1) is 19.2. The molecule has 0 aliphatic heterocycles. The Kier molecular flexibility index (Phi) is 6.00. The highest BCUT2D eigenvalue weighted by Crippen LogP contribution is 2.29. The zero-order valence-corrected chi connectivity index (χ0v) is 16.6. The molecule has 2 aromatic carbocycles. The Morgan fingerprint density at radius 2 is 1.76 bits per heavy atom. The lowest BCUT2D eigenvalue weighted by molar-refractivity contribution is 0.494. The summed E-state index contributed by atoms with van der Waals surface area (Å²) in [6.45, 7) is 17.3. The van der Waals surface area contributed by atoms with Crippen molar-refractivity contribution in [3.63, 3.8) is 0 Å². The van der Waals surface area contributed by atoms with Gasteiger partial charge in [0, 0.05) is 5.71 Å². The van der Waals surface area contributed by atoms with Crippen LogP contribution in [0, 0.1) is 12.3 Å². The second-order valence-corrected chi connectivity index (χ2v) is 7.90. The highest BCUT2D eigenvalue weighted by molar-refractivity contribution is 6.00. The van der Waals surface area contributed by atoms with Crippen molar-refractivity contribution in [2.75, 3.05) is 0 Å². The van der Waals surface area contributed by atoms with E-state index < -0.39 is 0 Å². The molecule has 0 spiro atoms. The maximum Gasteiger partial charge on any atom is 0.0665 e. The Morgan fingerprint density at radius 3 is 2.40 bits per heavy atom. The van der Waals surface area contributed by atoms with Gasteiger partial charge in [0.25, 0.3) is 0 Å². The highest BCUT2D eigenvalue weighted by Gasteiger charge is 2.15. The lowest BCUT2D eigenvalue weighted by atomic mass is 9.84. The molecule has 2 rings (SSSR count). The van der Waals surface area contributed by atoms with Gasteiger partial charge in [-0.25, -0.2) is 0 Å². The number of nitrogens with zero attached hydrogens (tertiary/aromatic N) is 1. The number of aliphatic imine (C=N–C) groups is 1. The van der Waals surface area contributed by atoms with Crippen LogP contribution in [0.25, 0.3) is 0 Å². The van der Waals surface area contributed by atoms with Crippen LogP contribution in [0.2, 0.25) is 0 Å². The van der Waals surface area contributed by atoms with E-state index in [0.29, 0.717) is 0 Å². The number of hydrogen-bond acceptors (Lipinski definition) is 1. The van der Waals surface area contributed by atoms with Crippen LogP contribution >= 0.6 is 0 Å². The van der Waals surface area contributed by atoms with Gasteiger partial charge in [-0.1, -0.05) is 70.2 Å². The van der Waals surface area contributed by atoms with Gasteiger partial charge < -0.3 is 0 Å². The van der Waals surface area contributed by atoms with Gasteiger partial charge in [0.2, 0.25) is 0 Å². The Balaban J connectivity index is 2.32. The molecule has 0 amide bonds. The Hall–Kier alpha value is -2.15. The number of rotatable bonds is 5. The third-order valence-electron chi connectivity index (χ3n) is 4.79. The fraction of sp³-hybridized carbons (Fsp3) is 0.375. The first-order valence-electron chi connectivity index (χ1n) is 9.13. The van der Waals surface area contributed by atoms with Crippen molar-refractivity contribution in [2.24, 2.45) is 10.4 Å². The minimum Gasteiger partial charge on any atom is -0.253 e. The maximum absolute atomic E-state index is 4.92. The fourth-order valence-corrected chi connectivity index (χ4v) is 2.66. The molecular formula is C24H31N. The van der Waals surface area contributed by atoms with Crippen LogP contribution in [-0.2, 0) is 12.8 Å². The van der Waals surface area contributed by atoms with Crippen molar-refractivity contribution in [1.29, 1.82) is 0 Å². The van der Waals surface area contributed by atoms with Crippen molar-refractivity contribution in [1.82, 2.24) is 0 Å². The lowest BCUT2D eigenvalue weighted by Gasteiger charge is -2.22. The summed E-state index contributed by atoms with van der Waals surface area (Å²) in [6.07, 6.45) is 1.95. The highest BCUT2D eigenvalue weighted by atomic mass is 14.7. The first-order chi connectivity index (χ1) is 11.7. The first-order valence-corrected chi connectivity index (χ1v) is 9.13. The van der Waals surface area contributed by atoms with Gasteiger partial charge in [-0.15, -0.1) is 0 Å². The molecule has 0 radical (unpaired) electrons. The van der Waals surface area contributed by atoms with E-state index >= 15 is 0 Å². The molecule has 0 aromatic heterocycles. The quantitative estimate of drug-likeness (QED) is 0.419. The summed E-state index contributed by atoms with van der Waals surface area (Å²) in [5.41, 5.74) is 8.52. The molecule has 2 aromatic rings. The van der Waals surface area contributed by atoms with Gasteiger partial charge in [-0.05, 0) is 66.5 Å². The summed E-state index contributed by atoms with van der Waals surface area (Å²) in [6, 6.07) is 15.2. The summed E-state index contributed by atoms with van der Waals surface area (Å²) in [5.74, 6) is 0. The van der Waals surface area contributed by atoms with Crippen LogP contribution < -0.4 is 0 Å². The second kappa shape index (κ2) is 7.82. The summed E-state index contributed by atoms with van der Waals surface area (Å²) >= 11 is 0. The van der Waals surface area contributed by atoms with E-state index in [1.54, 1.807) is 0 Å². The lowest BCUT2D eigenvalue weighted by Crippen LogP contribution is -2.10. The Bertz CT molecular complexity index is 788. The Labute approximate surface area is 153 Å². The van der Waals surface area contributed by atoms with Crippen LogP contribution in [0.4, 0.5) is 5.69 Å². The molecular weight excluding hydrogens is 302 g/mol. The smallest absolute Gasteiger partial charge is 0.0665 e. The molecule has 1 nitrogen and oxygen atoms in total. The third-order valence-corrected chi connectivity index (χ3v) is 4.79. The molecule has 1 heteroatoms. The van der Waals surface area contributed by atoms with Crippen molar-refractivity contribution < 1.29 is 0 Å². The molecule has 0 aliphatic rings. The van der Waals surface area contributed by atoms with Gasteiger partial charge in [0.1, 0.15) is 0 Å².